The first kappa shape index (κ1) is 18.2. The molecule has 2 aromatic rings. The van der Waals surface area contributed by atoms with Crippen LogP contribution in [0.4, 0.5) is 5.69 Å². The van der Waals surface area contributed by atoms with Gasteiger partial charge in [-0.05, 0) is 46.6 Å². The number of rotatable bonds is 3. The number of nitrogens with zero attached hydrogens (tertiary/aromatic N) is 1. The van der Waals surface area contributed by atoms with Crippen molar-refractivity contribution in [2.75, 3.05) is 5.32 Å². The van der Waals surface area contributed by atoms with Crippen molar-refractivity contribution in [1.29, 1.82) is 0 Å². The summed E-state index contributed by atoms with van der Waals surface area (Å²) in [6.45, 7) is 0. The van der Waals surface area contributed by atoms with E-state index in [1.54, 1.807) is 30.3 Å². The first-order chi connectivity index (χ1) is 13.0. The molecule has 2 aliphatic heterocycles. The molecule has 0 bridgehead atoms. The second-order valence-corrected chi connectivity index (χ2v) is 8.08. The van der Waals surface area contributed by atoms with Crippen LogP contribution in [0, 0.1) is 0 Å². The Balaban J connectivity index is 1.60. The number of carbonyl (C=O) groups is 3. The average molecular weight is 494 g/mol. The van der Waals surface area contributed by atoms with Crippen molar-refractivity contribution < 1.29 is 19.1 Å². The summed E-state index contributed by atoms with van der Waals surface area (Å²) >= 11 is 6.78. The maximum atomic E-state index is 12.9. The van der Waals surface area contributed by atoms with Crippen LogP contribution in [0.1, 0.15) is 35.0 Å². The van der Waals surface area contributed by atoms with Gasteiger partial charge in [0, 0.05) is 20.9 Å². The molecule has 1 saturated heterocycles. The lowest BCUT2D eigenvalue weighted by Crippen LogP contribution is -2.43. The van der Waals surface area contributed by atoms with Crippen LogP contribution in [0.2, 0.25) is 0 Å². The molecule has 2 amide bonds. The van der Waals surface area contributed by atoms with Crippen LogP contribution >= 0.6 is 31.9 Å². The van der Waals surface area contributed by atoms with Crippen molar-refractivity contribution in [3.63, 3.8) is 0 Å². The quantitative estimate of drug-likeness (QED) is 0.655. The number of cyclic esters (lactones) is 1. The van der Waals surface area contributed by atoms with Crippen LogP contribution in [0.3, 0.4) is 0 Å². The highest BCUT2D eigenvalue weighted by Crippen LogP contribution is 2.38. The number of carbonyl (C=O) groups excluding carboxylic acids is 3. The van der Waals surface area contributed by atoms with Crippen molar-refractivity contribution in [2.45, 2.75) is 25.1 Å². The lowest BCUT2D eigenvalue weighted by molar-refractivity contribution is -0.144. The molecule has 0 saturated carbocycles. The van der Waals surface area contributed by atoms with Crippen molar-refractivity contribution >= 4 is 55.3 Å². The van der Waals surface area contributed by atoms with E-state index >= 15 is 0 Å². The largest absolute Gasteiger partial charge is 0.433 e. The summed E-state index contributed by atoms with van der Waals surface area (Å²) in [7, 11) is 0. The Kier molecular flexibility index (Phi) is 4.77. The van der Waals surface area contributed by atoms with Gasteiger partial charge in [0.15, 0.2) is 0 Å². The molecule has 2 aliphatic rings. The number of hydrogen-bond acceptors (Lipinski definition) is 4. The molecule has 8 heteroatoms. The minimum atomic E-state index is -0.868. The zero-order valence-electron chi connectivity index (χ0n) is 13.9. The molecule has 27 heavy (non-hydrogen) atoms. The Labute approximate surface area is 172 Å². The molecular weight excluding hydrogens is 480 g/mol. The van der Waals surface area contributed by atoms with E-state index in [9.17, 15) is 14.4 Å². The van der Waals surface area contributed by atoms with Gasteiger partial charge in [-0.25, -0.2) is 4.79 Å². The van der Waals surface area contributed by atoms with Crippen LogP contribution in [0.25, 0.3) is 0 Å². The van der Waals surface area contributed by atoms with E-state index in [-0.39, 0.29) is 18.2 Å². The lowest BCUT2D eigenvalue weighted by atomic mass is 10.1. The maximum absolute atomic E-state index is 12.9. The van der Waals surface area contributed by atoms with Gasteiger partial charge in [-0.3, -0.25) is 14.5 Å². The number of hydrogen-bond donors (Lipinski definition) is 1. The molecule has 0 aliphatic carbocycles. The van der Waals surface area contributed by atoms with Gasteiger partial charge in [-0.15, -0.1) is 0 Å². The van der Waals surface area contributed by atoms with Crippen molar-refractivity contribution in [3.05, 3.63) is 62.5 Å². The zero-order valence-corrected chi connectivity index (χ0v) is 17.1. The van der Waals surface area contributed by atoms with E-state index in [1.165, 1.54) is 4.90 Å². The number of likely N-dealkylation sites (tertiary alicyclic amines) is 1. The molecule has 138 valence electrons. The van der Waals surface area contributed by atoms with Gasteiger partial charge < -0.3 is 10.1 Å². The highest BCUT2D eigenvalue weighted by Gasteiger charge is 2.46. The number of nitrogens with one attached hydrogen (secondary N) is 1. The van der Waals surface area contributed by atoms with Gasteiger partial charge in [-0.1, -0.05) is 34.1 Å². The first-order valence-corrected chi connectivity index (χ1v) is 9.91. The molecule has 2 atom stereocenters. The number of anilines is 1. The van der Waals surface area contributed by atoms with Gasteiger partial charge in [0.2, 0.25) is 18.0 Å². The number of amides is 2. The van der Waals surface area contributed by atoms with Gasteiger partial charge in [0.05, 0.1) is 11.3 Å². The summed E-state index contributed by atoms with van der Waals surface area (Å²) < 4.78 is 7.02. The number of fused-ring (bicyclic) bond motifs is 1. The molecule has 1 N–H and O–H groups in total. The summed E-state index contributed by atoms with van der Waals surface area (Å²) in [4.78, 5) is 38.9. The minimum absolute atomic E-state index is 0.209. The van der Waals surface area contributed by atoms with Gasteiger partial charge in [-0.2, -0.15) is 0 Å². The third-order valence-corrected chi connectivity index (χ3v) is 5.81. The van der Waals surface area contributed by atoms with Gasteiger partial charge in [0.25, 0.3) is 0 Å². The Hall–Kier alpha value is -2.19. The molecule has 0 aromatic heterocycles. The maximum Gasteiger partial charge on any atom is 0.340 e. The van der Waals surface area contributed by atoms with Crippen molar-refractivity contribution in [2.24, 2.45) is 0 Å². The van der Waals surface area contributed by atoms with Crippen LogP contribution in [0.15, 0.2) is 51.4 Å². The average Bonchev–Trinajstić information content (AvgIpc) is 3.18. The number of ether oxygens (including phenoxy) is 1. The summed E-state index contributed by atoms with van der Waals surface area (Å²) in [5, 5.41) is 2.85. The van der Waals surface area contributed by atoms with E-state index < -0.39 is 18.2 Å². The van der Waals surface area contributed by atoms with Crippen molar-refractivity contribution in [3.8, 4) is 0 Å². The molecule has 1 fully saturated rings. The molecule has 6 nitrogen and oxygen atoms in total. The topological polar surface area (TPSA) is 75.7 Å². The summed E-state index contributed by atoms with van der Waals surface area (Å²) in [5.74, 6) is -1.01. The summed E-state index contributed by atoms with van der Waals surface area (Å²) in [6, 6.07) is 11.6. The second-order valence-electron chi connectivity index (χ2n) is 6.31. The van der Waals surface area contributed by atoms with Crippen LogP contribution in [-0.2, 0) is 14.3 Å². The monoisotopic (exact) mass is 492 g/mol. The molecule has 2 heterocycles. The minimum Gasteiger partial charge on any atom is -0.433 e. The normalized spacial score (nSPS) is 21.2. The van der Waals surface area contributed by atoms with E-state index in [1.807, 2.05) is 12.1 Å². The molecule has 0 unspecified atom stereocenters. The first-order valence-electron chi connectivity index (χ1n) is 8.32. The summed E-state index contributed by atoms with van der Waals surface area (Å²) in [6.07, 6.45) is -0.266. The van der Waals surface area contributed by atoms with E-state index in [4.69, 9.17) is 4.74 Å². The molecular formula is C19H14Br2N2O4. The SMILES string of the molecule is O=C1O[C@@H](N2C(=O)CC[C@@H]2C(=O)Nc2ccc(Br)cc2Br)c2ccccc21. The molecule has 2 aromatic carbocycles. The standard InChI is InChI=1S/C19H14Br2N2O4/c20-10-5-6-14(13(21)9-10)22-17(25)15-7-8-16(24)23(15)18-11-3-1-2-4-12(11)19(26)27-18/h1-6,9,15,18H,7-8H2,(H,22,25)/t15-,18-/m1/s1. The van der Waals surface area contributed by atoms with Crippen LogP contribution in [-0.4, -0.2) is 28.7 Å². The molecule has 4 rings (SSSR count). The third-order valence-electron chi connectivity index (χ3n) is 4.67. The van der Waals surface area contributed by atoms with Crippen molar-refractivity contribution in [1.82, 2.24) is 4.90 Å². The highest BCUT2D eigenvalue weighted by molar-refractivity contribution is 9.11. The number of benzene rings is 2. The Morgan fingerprint density at radius 2 is 1.93 bits per heavy atom. The predicted molar refractivity (Wildman–Crippen MR) is 105 cm³/mol. The fourth-order valence-electron chi connectivity index (χ4n) is 3.39. The number of esters is 1. The smallest absolute Gasteiger partial charge is 0.340 e. The van der Waals surface area contributed by atoms with Crippen LogP contribution in [0.5, 0.6) is 0 Å². The van der Waals surface area contributed by atoms with Gasteiger partial charge >= 0.3 is 5.97 Å². The van der Waals surface area contributed by atoms with Crippen LogP contribution < -0.4 is 5.32 Å². The third kappa shape index (κ3) is 3.27. The molecule has 0 spiro atoms. The Morgan fingerprint density at radius 1 is 1.15 bits per heavy atom. The fourth-order valence-corrected chi connectivity index (χ4v) is 4.54. The van der Waals surface area contributed by atoms with E-state index in [0.29, 0.717) is 23.2 Å². The zero-order chi connectivity index (χ0) is 19.1. The Bertz CT molecular complexity index is 962. The number of halogens is 2. The summed E-state index contributed by atoms with van der Waals surface area (Å²) in [5.41, 5.74) is 1.64. The van der Waals surface area contributed by atoms with E-state index in [2.05, 4.69) is 37.2 Å². The fraction of sp³-hybridized carbons (Fsp3) is 0.211. The predicted octanol–water partition coefficient (Wildman–Crippen LogP) is 4.01. The second kappa shape index (κ2) is 7.09. The van der Waals surface area contributed by atoms with E-state index in [0.717, 1.165) is 8.95 Å². The molecule has 0 radical (unpaired) electrons. The highest BCUT2D eigenvalue weighted by atomic mass is 79.9. The Morgan fingerprint density at radius 3 is 2.70 bits per heavy atom. The lowest BCUT2D eigenvalue weighted by Gasteiger charge is -2.29. The van der Waals surface area contributed by atoms with Gasteiger partial charge in [0.1, 0.15) is 6.04 Å².